The average Bonchev–Trinajstić information content (AvgIpc) is 2.72. The van der Waals surface area contributed by atoms with Gasteiger partial charge in [-0.15, -0.1) is 0 Å². The lowest BCUT2D eigenvalue weighted by Crippen LogP contribution is -2.44. The van der Waals surface area contributed by atoms with Gasteiger partial charge >= 0.3 is 5.69 Å². The predicted molar refractivity (Wildman–Crippen MR) is 78.4 cm³/mol. The fourth-order valence-corrected chi connectivity index (χ4v) is 2.86. The zero-order chi connectivity index (χ0) is 15.9. The van der Waals surface area contributed by atoms with Gasteiger partial charge in [-0.05, 0) is 24.1 Å². The van der Waals surface area contributed by atoms with E-state index in [9.17, 15) is 19.2 Å². The highest BCUT2D eigenvalue weighted by Gasteiger charge is 2.31. The van der Waals surface area contributed by atoms with Crippen molar-refractivity contribution in [3.8, 4) is 0 Å². The molecule has 1 N–H and O–H groups in total. The minimum absolute atomic E-state index is 0.211. The molecule has 114 valence electrons. The van der Waals surface area contributed by atoms with Crippen molar-refractivity contribution in [1.82, 2.24) is 14.5 Å². The van der Waals surface area contributed by atoms with Crippen molar-refractivity contribution in [2.24, 2.45) is 7.05 Å². The van der Waals surface area contributed by atoms with Gasteiger partial charge in [-0.2, -0.15) is 0 Å². The summed E-state index contributed by atoms with van der Waals surface area (Å²) in [5, 5.41) is 2.27. The number of hydrogen-bond donors (Lipinski definition) is 1. The van der Waals surface area contributed by atoms with Crippen molar-refractivity contribution < 1.29 is 14.4 Å². The van der Waals surface area contributed by atoms with E-state index in [1.54, 1.807) is 25.2 Å². The number of nitrogens with one attached hydrogen (secondary N) is 1. The number of aromatic nitrogens is 2. The molecule has 0 spiro atoms. The lowest BCUT2D eigenvalue weighted by atomic mass is 10.1. The maximum absolute atomic E-state index is 12.5. The molecule has 1 fully saturated rings. The SMILES string of the molecule is Cn1c(=O)n([C@H]2CCC(=O)NC2=O)c2ccc(CC=O)cc21. The van der Waals surface area contributed by atoms with Gasteiger partial charge in [0.2, 0.25) is 11.8 Å². The van der Waals surface area contributed by atoms with Gasteiger partial charge in [0.15, 0.2) is 0 Å². The second kappa shape index (κ2) is 5.25. The van der Waals surface area contributed by atoms with E-state index in [1.165, 1.54) is 9.13 Å². The third-order valence-corrected chi connectivity index (χ3v) is 3.99. The van der Waals surface area contributed by atoms with Crippen LogP contribution in [0.25, 0.3) is 11.0 Å². The molecule has 1 aromatic heterocycles. The Morgan fingerprint density at radius 1 is 1.27 bits per heavy atom. The van der Waals surface area contributed by atoms with Crippen molar-refractivity contribution in [3.05, 3.63) is 34.2 Å². The second-order valence-corrected chi connectivity index (χ2v) is 5.37. The Labute approximate surface area is 125 Å². The number of imidazole rings is 1. The minimum Gasteiger partial charge on any atom is -0.303 e. The molecule has 0 saturated carbocycles. The van der Waals surface area contributed by atoms with Gasteiger partial charge in [-0.1, -0.05) is 6.07 Å². The molecule has 2 amide bonds. The summed E-state index contributed by atoms with van der Waals surface area (Å²) in [6.45, 7) is 0. The van der Waals surface area contributed by atoms with Crippen LogP contribution >= 0.6 is 0 Å². The predicted octanol–water partition coefficient (Wildman–Crippen LogP) is 0.0591. The zero-order valence-corrected chi connectivity index (χ0v) is 12.0. The molecule has 0 bridgehead atoms. The van der Waals surface area contributed by atoms with Crippen LogP contribution in [-0.4, -0.2) is 27.2 Å². The fraction of sp³-hybridized carbons (Fsp3) is 0.333. The molecule has 1 saturated heterocycles. The largest absolute Gasteiger partial charge is 0.329 e. The van der Waals surface area contributed by atoms with E-state index in [2.05, 4.69) is 5.32 Å². The van der Waals surface area contributed by atoms with E-state index >= 15 is 0 Å². The third kappa shape index (κ3) is 2.14. The third-order valence-electron chi connectivity index (χ3n) is 3.99. The molecular weight excluding hydrogens is 286 g/mol. The van der Waals surface area contributed by atoms with Crippen molar-refractivity contribution >= 4 is 29.1 Å². The van der Waals surface area contributed by atoms with Crippen LogP contribution < -0.4 is 11.0 Å². The summed E-state index contributed by atoms with van der Waals surface area (Å²) < 4.78 is 2.87. The number of imide groups is 1. The van der Waals surface area contributed by atoms with Crippen LogP contribution in [0, 0.1) is 0 Å². The Hall–Kier alpha value is -2.70. The number of fused-ring (bicyclic) bond motifs is 1. The van der Waals surface area contributed by atoms with Crippen molar-refractivity contribution in [1.29, 1.82) is 0 Å². The summed E-state index contributed by atoms with van der Waals surface area (Å²) in [5.41, 5.74) is 1.77. The van der Waals surface area contributed by atoms with Gasteiger partial charge in [0.25, 0.3) is 0 Å². The molecular formula is C15H15N3O4. The van der Waals surface area contributed by atoms with Crippen LogP contribution in [0.1, 0.15) is 24.4 Å². The summed E-state index contributed by atoms with van der Waals surface area (Å²) in [5.74, 6) is -0.773. The van der Waals surface area contributed by atoms with E-state index in [-0.39, 0.29) is 24.4 Å². The molecule has 2 aromatic rings. The number of hydrogen-bond acceptors (Lipinski definition) is 4. The first-order valence-corrected chi connectivity index (χ1v) is 7.00. The van der Waals surface area contributed by atoms with Gasteiger partial charge in [-0.3, -0.25) is 24.0 Å². The Morgan fingerprint density at radius 2 is 2.05 bits per heavy atom. The molecule has 1 aliphatic heterocycles. The smallest absolute Gasteiger partial charge is 0.303 e. The highest BCUT2D eigenvalue weighted by atomic mass is 16.2. The topological polar surface area (TPSA) is 90.2 Å². The summed E-state index contributed by atoms with van der Waals surface area (Å²) >= 11 is 0. The van der Waals surface area contributed by atoms with Crippen molar-refractivity contribution in [3.63, 3.8) is 0 Å². The standard InChI is InChI=1S/C15H15N3O4/c1-17-12-8-9(6-7-19)2-3-10(12)18(15(17)22)11-4-5-13(20)16-14(11)21/h2-3,7-8,11H,4-6H2,1H3,(H,16,20,21)/t11-/m0/s1. The molecule has 22 heavy (non-hydrogen) atoms. The molecule has 0 radical (unpaired) electrons. The highest BCUT2D eigenvalue weighted by Crippen LogP contribution is 2.23. The summed E-state index contributed by atoms with van der Waals surface area (Å²) in [6.07, 6.45) is 1.59. The number of carbonyl (C=O) groups is 3. The number of piperidine rings is 1. The van der Waals surface area contributed by atoms with E-state index in [4.69, 9.17) is 0 Å². The molecule has 1 aliphatic rings. The number of carbonyl (C=O) groups excluding carboxylic acids is 3. The normalized spacial score (nSPS) is 18.5. The fourth-order valence-electron chi connectivity index (χ4n) is 2.86. The molecule has 7 heteroatoms. The van der Waals surface area contributed by atoms with Crippen molar-refractivity contribution in [2.75, 3.05) is 0 Å². The Kier molecular flexibility index (Phi) is 3.40. The van der Waals surface area contributed by atoms with Crippen LogP contribution in [0.2, 0.25) is 0 Å². The van der Waals surface area contributed by atoms with Crippen LogP contribution in [-0.2, 0) is 27.9 Å². The Morgan fingerprint density at radius 3 is 2.73 bits per heavy atom. The van der Waals surface area contributed by atoms with Crippen molar-refractivity contribution in [2.45, 2.75) is 25.3 Å². The Balaban J connectivity index is 2.16. The van der Waals surface area contributed by atoms with Gasteiger partial charge in [0.1, 0.15) is 12.3 Å². The first kappa shape index (κ1) is 14.2. The van der Waals surface area contributed by atoms with Crippen LogP contribution in [0.3, 0.4) is 0 Å². The van der Waals surface area contributed by atoms with E-state index in [1.807, 2.05) is 0 Å². The number of benzene rings is 1. The molecule has 0 unspecified atom stereocenters. The minimum atomic E-state index is -0.689. The molecule has 3 rings (SSSR count). The van der Waals surface area contributed by atoms with E-state index in [0.717, 1.165) is 11.8 Å². The zero-order valence-electron chi connectivity index (χ0n) is 12.0. The quantitative estimate of drug-likeness (QED) is 0.641. The first-order valence-electron chi connectivity index (χ1n) is 7.00. The highest BCUT2D eigenvalue weighted by molar-refractivity contribution is 6.00. The van der Waals surface area contributed by atoms with E-state index < -0.39 is 11.9 Å². The second-order valence-electron chi connectivity index (χ2n) is 5.37. The molecule has 1 aromatic carbocycles. The molecule has 0 aliphatic carbocycles. The molecule has 2 heterocycles. The maximum atomic E-state index is 12.5. The summed E-state index contributed by atoms with van der Waals surface area (Å²) in [6, 6.07) is 4.58. The van der Waals surface area contributed by atoms with Crippen LogP contribution in [0.4, 0.5) is 0 Å². The number of rotatable bonds is 3. The van der Waals surface area contributed by atoms with Gasteiger partial charge in [0, 0.05) is 19.9 Å². The van der Waals surface area contributed by atoms with E-state index in [0.29, 0.717) is 17.5 Å². The van der Waals surface area contributed by atoms with Gasteiger partial charge in [-0.25, -0.2) is 4.79 Å². The van der Waals surface area contributed by atoms with Gasteiger partial charge < -0.3 is 4.79 Å². The summed E-state index contributed by atoms with van der Waals surface area (Å²) in [7, 11) is 1.62. The number of aldehydes is 1. The maximum Gasteiger partial charge on any atom is 0.329 e. The van der Waals surface area contributed by atoms with Crippen LogP contribution in [0.15, 0.2) is 23.0 Å². The first-order chi connectivity index (χ1) is 10.5. The molecule has 7 nitrogen and oxygen atoms in total. The average molecular weight is 301 g/mol. The number of aryl methyl sites for hydroxylation is 1. The van der Waals surface area contributed by atoms with Gasteiger partial charge in [0.05, 0.1) is 11.0 Å². The Bertz CT molecular complexity index is 846. The monoisotopic (exact) mass is 301 g/mol. The molecule has 1 atom stereocenters. The summed E-state index contributed by atoms with van der Waals surface area (Å²) in [4.78, 5) is 46.4. The number of amides is 2. The number of nitrogens with zero attached hydrogens (tertiary/aromatic N) is 2. The van der Waals surface area contributed by atoms with Crippen LogP contribution in [0.5, 0.6) is 0 Å². The lowest BCUT2D eigenvalue weighted by Gasteiger charge is -2.21. The lowest BCUT2D eigenvalue weighted by molar-refractivity contribution is -0.135.